The molecule has 0 radical (unpaired) electrons. The van der Waals surface area contributed by atoms with E-state index in [0.29, 0.717) is 43.0 Å². The Morgan fingerprint density at radius 2 is 1.61 bits per heavy atom. The van der Waals surface area contributed by atoms with E-state index in [9.17, 15) is 4.79 Å². The van der Waals surface area contributed by atoms with Crippen LogP contribution in [0.2, 0.25) is 5.02 Å². The zero-order chi connectivity index (χ0) is 21.2. The van der Waals surface area contributed by atoms with Crippen LogP contribution < -0.4 is 4.90 Å². The average molecular weight is 433 g/mol. The largest absolute Gasteiger partial charge is 0.338 e. The molecule has 0 unspecified atom stereocenters. The number of carbonyl (C=O) groups is 1. The molecule has 31 heavy (non-hydrogen) atoms. The van der Waals surface area contributed by atoms with Crippen LogP contribution in [-0.4, -0.2) is 56.5 Å². The fourth-order valence-electron chi connectivity index (χ4n) is 3.93. The predicted molar refractivity (Wildman–Crippen MR) is 121 cm³/mol. The van der Waals surface area contributed by atoms with Gasteiger partial charge < -0.3 is 14.4 Å². The maximum atomic E-state index is 13.2. The van der Waals surface area contributed by atoms with E-state index in [1.807, 2.05) is 58.0 Å². The zero-order valence-electron chi connectivity index (χ0n) is 16.9. The van der Waals surface area contributed by atoms with Crippen molar-refractivity contribution in [2.24, 2.45) is 0 Å². The number of anilines is 1. The Morgan fingerprint density at radius 1 is 0.903 bits per heavy atom. The van der Waals surface area contributed by atoms with Gasteiger partial charge in [0.2, 0.25) is 11.9 Å². The van der Waals surface area contributed by atoms with E-state index in [2.05, 4.69) is 14.9 Å². The molecule has 2 aromatic heterocycles. The van der Waals surface area contributed by atoms with Gasteiger partial charge in [0.1, 0.15) is 12.4 Å². The monoisotopic (exact) mass is 432 g/mol. The minimum Gasteiger partial charge on any atom is -0.338 e. The highest BCUT2D eigenvalue weighted by Gasteiger charge is 2.24. The number of hydrogen-bond acceptors (Lipinski definition) is 5. The number of amides is 1. The molecule has 1 aliphatic rings. The Hall–Kier alpha value is -3.45. The van der Waals surface area contributed by atoms with Crippen LogP contribution in [0.25, 0.3) is 22.4 Å². The molecule has 2 aromatic carbocycles. The van der Waals surface area contributed by atoms with E-state index >= 15 is 0 Å². The van der Waals surface area contributed by atoms with Crippen molar-refractivity contribution >= 4 is 34.5 Å². The van der Waals surface area contributed by atoms with Crippen LogP contribution in [0.4, 0.5) is 5.95 Å². The summed E-state index contributed by atoms with van der Waals surface area (Å²) in [5.74, 6) is 1.47. The summed E-state index contributed by atoms with van der Waals surface area (Å²) >= 11 is 6.45. The van der Waals surface area contributed by atoms with E-state index < -0.39 is 0 Å². The van der Waals surface area contributed by atoms with Gasteiger partial charge in [-0.05, 0) is 30.3 Å². The molecule has 0 aliphatic carbocycles. The van der Waals surface area contributed by atoms with Gasteiger partial charge in [-0.1, -0.05) is 35.9 Å². The van der Waals surface area contributed by atoms with Crippen LogP contribution in [0.1, 0.15) is 0 Å². The fraction of sp³-hybridized carbons (Fsp3) is 0.217. The number of piperazine rings is 1. The highest BCUT2D eigenvalue weighted by atomic mass is 35.5. The van der Waals surface area contributed by atoms with Gasteiger partial charge in [0.05, 0.1) is 16.1 Å². The Balaban J connectivity index is 1.39. The molecule has 5 rings (SSSR count). The van der Waals surface area contributed by atoms with E-state index in [4.69, 9.17) is 16.6 Å². The summed E-state index contributed by atoms with van der Waals surface area (Å²) in [6.45, 7) is 2.88. The lowest BCUT2D eigenvalue weighted by Gasteiger charge is -2.34. The second-order valence-corrected chi connectivity index (χ2v) is 7.81. The van der Waals surface area contributed by atoms with Crippen LogP contribution in [0, 0.1) is 0 Å². The third kappa shape index (κ3) is 3.84. The number of halogens is 1. The van der Waals surface area contributed by atoms with E-state index in [1.54, 1.807) is 18.5 Å². The number of benzene rings is 2. The molecule has 7 nitrogen and oxygen atoms in total. The molecule has 1 amide bonds. The first-order chi connectivity index (χ1) is 15.2. The van der Waals surface area contributed by atoms with Crippen molar-refractivity contribution in [2.75, 3.05) is 31.1 Å². The van der Waals surface area contributed by atoms with Crippen LogP contribution in [0.15, 0.2) is 67.0 Å². The Labute approximate surface area is 184 Å². The molecular weight excluding hydrogens is 412 g/mol. The number of fused-ring (bicyclic) bond motifs is 1. The molecule has 156 valence electrons. The topological polar surface area (TPSA) is 67.2 Å². The van der Waals surface area contributed by atoms with Crippen molar-refractivity contribution in [2.45, 2.75) is 6.54 Å². The molecule has 4 aromatic rings. The SMILES string of the molecule is O=C(Cn1c(-c2ccccc2Cl)nc2ccccc21)N1CCN(c2ncccn2)CC1. The minimum absolute atomic E-state index is 0.0603. The lowest BCUT2D eigenvalue weighted by atomic mass is 10.2. The lowest BCUT2D eigenvalue weighted by molar-refractivity contribution is -0.132. The smallest absolute Gasteiger partial charge is 0.242 e. The van der Waals surface area contributed by atoms with Gasteiger partial charge in [-0.2, -0.15) is 0 Å². The Bertz CT molecular complexity index is 1220. The summed E-state index contributed by atoms with van der Waals surface area (Å²) in [6.07, 6.45) is 3.47. The van der Waals surface area contributed by atoms with E-state index in [-0.39, 0.29) is 12.5 Å². The number of imidazole rings is 1. The summed E-state index contributed by atoms with van der Waals surface area (Å²) in [5, 5.41) is 0.614. The second kappa shape index (κ2) is 8.35. The fourth-order valence-corrected chi connectivity index (χ4v) is 4.15. The average Bonchev–Trinajstić information content (AvgIpc) is 3.18. The molecule has 8 heteroatoms. The quantitative estimate of drug-likeness (QED) is 0.493. The number of aromatic nitrogens is 4. The Kier molecular flexibility index (Phi) is 5.26. The van der Waals surface area contributed by atoms with Gasteiger partial charge in [0.15, 0.2) is 0 Å². The summed E-state index contributed by atoms with van der Waals surface area (Å²) in [6, 6.07) is 17.2. The van der Waals surface area contributed by atoms with Gasteiger partial charge >= 0.3 is 0 Å². The molecule has 3 heterocycles. The molecule has 1 saturated heterocycles. The minimum atomic E-state index is 0.0603. The summed E-state index contributed by atoms with van der Waals surface area (Å²) < 4.78 is 1.96. The standard InChI is InChI=1S/C23H21ClN6O/c24-18-7-2-1-6-17(18)22-27-19-8-3-4-9-20(19)30(22)16-21(31)28-12-14-29(15-13-28)23-25-10-5-11-26-23/h1-11H,12-16H2. The van der Waals surface area contributed by atoms with Crippen LogP contribution in [0.5, 0.6) is 0 Å². The number of hydrogen-bond donors (Lipinski definition) is 0. The maximum Gasteiger partial charge on any atom is 0.242 e. The molecule has 0 N–H and O–H groups in total. The highest BCUT2D eigenvalue weighted by molar-refractivity contribution is 6.33. The lowest BCUT2D eigenvalue weighted by Crippen LogP contribution is -2.50. The number of nitrogens with zero attached hydrogens (tertiary/aromatic N) is 6. The van der Waals surface area contributed by atoms with Gasteiger partial charge in [0, 0.05) is 44.1 Å². The molecule has 1 fully saturated rings. The van der Waals surface area contributed by atoms with Gasteiger partial charge in [-0.3, -0.25) is 4.79 Å². The number of rotatable bonds is 4. The van der Waals surface area contributed by atoms with Gasteiger partial charge in [-0.25, -0.2) is 15.0 Å². The maximum absolute atomic E-state index is 13.2. The van der Waals surface area contributed by atoms with Crippen LogP contribution in [-0.2, 0) is 11.3 Å². The van der Waals surface area contributed by atoms with Crippen LogP contribution in [0.3, 0.4) is 0 Å². The third-order valence-electron chi connectivity index (χ3n) is 5.53. The first-order valence-corrected chi connectivity index (χ1v) is 10.6. The molecule has 0 spiro atoms. The molecular formula is C23H21ClN6O. The normalized spacial score (nSPS) is 14.2. The highest BCUT2D eigenvalue weighted by Crippen LogP contribution is 2.30. The third-order valence-corrected chi connectivity index (χ3v) is 5.86. The summed E-state index contributed by atoms with van der Waals surface area (Å²) in [4.78, 5) is 30.6. The summed E-state index contributed by atoms with van der Waals surface area (Å²) in [5.41, 5.74) is 2.58. The van der Waals surface area contributed by atoms with Crippen molar-refractivity contribution in [3.05, 3.63) is 72.0 Å². The first-order valence-electron chi connectivity index (χ1n) is 10.2. The number of carbonyl (C=O) groups excluding carboxylic acids is 1. The van der Waals surface area contributed by atoms with Crippen molar-refractivity contribution in [3.8, 4) is 11.4 Å². The molecule has 0 bridgehead atoms. The molecule has 0 saturated carbocycles. The van der Waals surface area contributed by atoms with Crippen molar-refractivity contribution in [1.82, 2.24) is 24.4 Å². The summed E-state index contributed by atoms with van der Waals surface area (Å²) in [7, 11) is 0. The van der Waals surface area contributed by atoms with E-state index in [0.717, 1.165) is 16.6 Å². The molecule has 0 atom stereocenters. The van der Waals surface area contributed by atoms with Crippen molar-refractivity contribution in [1.29, 1.82) is 0 Å². The van der Waals surface area contributed by atoms with Gasteiger partial charge in [0.25, 0.3) is 0 Å². The molecule has 1 aliphatic heterocycles. The first kappa shape index (κ1) is 19.5. The Morgan fingerprint density at radius 3 is 2.39 bits per heavy atom. The zero-order valence-corrected chi connectivity index (χ0v) is 17.6. The van der Waals surface area contributed by atoms with Crippen LogP contribution >= 0.6 is 11.6 Å². The second-order valence-electron chi connectivity index (χ2n) is 7.41. The van der Waals surface area contributed by atoms with Crippen molar-refractivity contribution < 1.29 is 4.79 Å². The van der Waals surface area contributed by atoms with E-state index in [1.165, 1.54) is 0 Å². The predicted octanol–water partition coefficient (Wildman–Crippen LogP) is 3.50. The van der Waals surface area contributed by atoms with Crippen molar-refractivity contribution in [3.63, 3.8) is 0 Å². The number of para-hydroxylation sites is 2. The van der Waals surface area contributed by atoms with Gasteiger partial charge in [-0.15, -0.1) is 0 Å².